The Kier molecular flexibility index (Phi) is 42.5. The largest absolute Gasteiger partial charge is 0.457 e. The lowest BCUT2D eigenvalue weighted by Crippen LogP contribution is -2.60. The maximum atomic E-state index is 12.9. The van der Waals surface area contributed by atoms with Gasteiger partial charge in [0.1, 0.15) is 30.5 Å². The number of ether oxygens (including phenoxy) is 4. The fourth-order valence-corrected chi connectivity index (χ4v) is 8.94. The van der Waals surface area contributed by atoms with E-state index in [0.29, 0.717) is 13.0 Å². The molecule has 6 atom stereocenters. The number of allylic oxidation sites excluding steroid dienone is 4. The molecule has 0 bridgehead atoms. The summed E-state index contributed by atoms with van der Waals surface area (Å²) in [4.78, 5) is 12.9. The van der Waals surface area contributed by atoms with E-state index in [9.17, 15) is 33.1 Å². The number of hydrogen-bond donors (Lipinski definition) is 4. The van der Waals surface area contributed by atoms with Gasteiger partial charge in [0, 0.05) is 13.0 Å². The summed E-state index contributed by atoms with van der Waals surface area (Å²) in [6.07, 6.45) is 43.5. The molecule has 1 fully saturated rings. The number of hydrogen-bond acceptors (Lipinski definition) is 11. The first-order valence-electron chi connectivity index (χ1n) is 27.1. The van der Waals surface area contributed by atoms with Gasteiger partial charge in [-0.25, -0.2) is 4.18 Å². The number of carbonyl (C=O) groups excluding carboxylic acids is 1. The van der Waals surface area contributed by atoms with Crippen LogP contribution >= 0.6 is 0 Å². The predicted octanol–water partition coefficient (Wildman–Crippen LogP) is 12.8. The second kappa shape index (κ2) is 44.8. The van der Waals surface area contributed by atoms with Gasteiger partial charge in [-0.1, -0.05) is 199 Å². The SMILES string of the molecule is CCCCCCCC/C=C\CCCCCCCCCC(=O)OC(COCCCCCCCCCCCC/C=C\CCCCCCCCCC)COC1OC(CO)C(O)C(OS(=O)(=O)O)C1O. The normalized spacial score (nSPS) is 19.6. The van der Waals surface area contributed by atoms with Gasteiger partial charge < -0.3 is 34.3 Å². The molecule has 1 aliphatic rings. The Morgan fingerprint density at radius 1 is 0.561 bits per heavy atom. The summed E-state index contributed by atoms with van der Waals surface area (Å²) in [6.45, 7) is 4.02. The number of unbranched alkanes of at least 4 members (excludes halogenated alkanes) is 31. The minimum atomic E-state index is -5.06. The topological polar surface area (TPSA) is 178 Å². The third-order valence-electron chi connectivity index (χ3n) is 12.5. The standard InChI is InChI=1S/C53H100O12S/c1-3-5-7-9-11-13-15-17-19-21-22-23-24-25-27-29-31-33-35-37-39-41-43-61-45-47(46-62-53-51(57)52(65-66(58,59)60)50(56)48(44-54)64-53)63-49(55)42-40-38-36-34-32-30-28-26-20-18-16-14-12-10-8-6-4-2/h18,20-22,47-48,50-54,56-57H,3-17,19,23-46H2,1-2H3,(H,58,59,60)/b20-18-,22-21-. The molecule has 1 rings (SSSR count). The quantitative estimate of drug-likeness (QED) is 0.0197. The molecule has 0 aromatic carbocycles. The summed E-state index contributed by atoms with van der Waals surface area (Å²) < 4.78 is 59.3. The molecule has 66 heavy (non-hydrogen) atoms. The summed E-state index contributed by atoms with van der Waals surface area (Å²) >= 11 is 0. The number of aliphatic hydroxyl groups excluding tert-OH is 3. The Morgan fingerprint density at radius 3 is 1.36 bits per heavy atom. The maximum Gasteiger partial charge on any atom is 0.397 e. The van der Waals surface area contributed by atoms with Crippen LogP contribution in [-0.2, 0) is 38.3 Å². The van der Waals surface area contributed by atoms with Crippen molar-refractivity contribution in [3.05, 3.63) is 24.3 Å². The number of rotatable bonds is 48. The molecule has 0 amide bonds. The van der Waals surface area contributed by atoms with Gasteiger partial charge in [0.15, 0.2) is 6.29 Å². The van der Waals surface area contributed by atoms with E-state index in [1.165, 1.54) is 173 Å². The van der Waals surface area contributed by atoms with E-state index in [2.05, 4.69) is 42.3 Å². The van der Waals surface area contributed by atoms with E-state index in [1.54, 1.807) is 0 Å². The van der Waals surface area contributed by atoms with Crippen LogP contribution in [0, 0.1) is 0 Å². The lowest BCUT2D eigenvalue weighted by atomic mass is 9.99. The van der Waals surface area contributed by atoms with Gasteiger partial charge in [-0.2, -0.15) is 8.42 Å². The molecule has 1 saturated heterocycles. The lowest BCUT2D eigenvalue weighted by Gasteiger charge is -2.41. The van der Waals surface area contributed by atoms with Crippen molar-refractivity contribution in [2.45, 2.75) is 282 Å². The zero-order valence-electron chi connectivity index (χ0n) is 42.0. The number of esters is 1. The molecular weight excluding hydrogens is 861 g/mol. The van der Waals surface area contributed by atoms with E-state index in [4.69, 9.17) is 18.9 Å². The third kappa shape index (κ3) is 37.5. The van der Waals surface area contributed by atoms with Crippen molar-refractivity contribution >= 4 is 16.4 Å². The van der Waals surface area contributed by atoms with E-state index in [0.717, 1.165) is 44.9 Å². The fourth-order valence-electron chi connectivity index (χ4n) is 8.43. The smallest absolute Gasteiger partial charge is 0.397 e. The maximum absolute atomic E-state index is 12.9. The Bertz CT molecular complexity index is 1250. The zero-order chi connectivity index (χ0) is 48.2. The van der Waals surface area contributed by atoms with Crippen molar-refractivity contribution in [1.29, 1.82) is 0 Å². The van der Waals surface area contributed by atoms with Gasteiger partial charge in [-0.15, -0.1) is 0 Å². The van der Waals surface area contributed by atoms with Crippen molar-refractivity contribution in [2.24, 2.45) is 0 Å². The molecule has 0 saturated carbocycles. The van der Waals surface area contributed by atoms with Crippen molar-refractivity contribution in [3.63, 3.8) is 0 Å². The Balaban J connectivity index is 2.32. The molecule has 4 N–H and O–H groups in total. The molecule has 1 aliphatic heterocycles. The molecular formula is C53H100O12S. The van der Waals surface area contributed by atoms with Crippen LogP contribution < -0.4 is 0 Å². The van der Waals surface area contributed by atoms with Gasteiger partial charge in [0.2, 0.25) is 0 Å². The van der Waals surface area contributed by atoms with E-state index in [-0.39, 0.29) is 19.6 Å². The monoisotopic (exact) mass is 961 g/mol. The summed E-state index contributed by atoms with van der Waals surface area (Å²) in [7, 11) is -5.06. The highest BCUT2D eigenvalue weighted by atomic mass is 32.3. The van der Waals surface area contributed by atoms with E-state index >= 15 is 0 Å². The summed E-state index contributed by atoms with van der Waals surface area (Å²) in [5, 5.41) is 30.8. The van der Waals surface area contributed by atoms with Gasteiger partial charge in [-0.3, -0.25) is 9.35 Å². The van der Waals surface area contributed by atoms with Crippen molar-refractivity contribution in [2.75, 3.05) is 26.4 Å². The van der Waals surface area contributed by atoms with E-state index in [1.807, 2.05) is 0 Å². The molecule has 12 nitrogen and oxygen atoms in total. The van der Waals surface area contributed by atoms with Crippen LogP contribution in [0.3, 0.4) is 0 Å². The third-order valence-corrected chi connectivity index (χ3v) is 13.0. The van der Waals surface area contributed by atoms with Crippen molar-refractivity contribution in [3.8, 4) is 0 Å². The molecule has 0 aromatic heterocycles. The average Bonchev–Trinajstić information content (AvgIpc) is 3.29. The number of aliphatic hydroxyl groups is 3. The molecule has 1 heterocycles. The van der Waals surface area contributed by atoms with Gasteiger partial charge in [-0.05, 0) is 64.2 Å². The predicted molar refractivity (Wildman–Crippen MR) is 267 cm³/mol. The highest BCUT2D eigenvalue weighted by molar-refractivity contribution is 7.80. The molecule has 0 spiro atoms. The minimum absolute atomic E-state index is 0.0365. The van der Waals surface area contributed by atoms with Gasteiger partial charge in [0.05, 0.1) is 19.8 Å². The molecule has 0 radical (unpaired) electrons. The van der Waals surface area contributed by atoms with Gasteiger partial charge >= 0.3 is 16.4 Å². The highest BCUT2D eigenvalue weighted by Gasteiger charge is 2.48. The summed E-state index contributed by atoms with van der Waals surface area (Å²) in [6, 6.07) is 0. The number of carbonyl (C=O) groups is 1. The van der Waals surface area contributed by atoms with E-state index < -0.39 is 59.8 Å². The first-order valence-corrected chi connectivity index (χ1v) is 28.5. The van der Waals surface area contributed by atoms with Gasteiger partial charge in [0.25, 0.3) is 0 Å². The Hall–Kier alpha value is -1.42. The average molecular weight is 961 g/mol. The van der Waals surface area contributed by atoms with Crippen LogP contribution in [0.4, 0.5) is 0 Å². The Labute approximate surface area is 403 Å². The molecule has 0 aliphatic carbocycles. The lowest BCUT2D eigenvalue weighted by molar-refractivity contribution is -0.301. The molecule has 0 aromatic rings. The first-order chi connectivity index (χ1) is 32.1. The minimum Gasteiger partial charge on any atom is -0.457 e. The summed E-state index contributed by atoms with van der Waals surface area (Å²) in [5.41, 5.74) is 0. The molecule has 6 unspecified atom stereocenters. The second-order valence-corrected chi connectivity index (χ2v) is 19.9. The first kappa shape index (κ1) is 62.6. The van der Waals surface area contributed by atoms with Crippen LogP contribution in [-0.4, -0.2) is 97.5 Å². The van der Waals surface area contributed by atoms with Crippen LogP contribution in [0.25, 0.3) is 0 Å². The second-order valence-electron chi connectivity index (χ2n) is 18.8. The molecule has 13 heteroatoms. The van der Waals surface area contributed by atoms with Crippen LogP contribution in [0.1, 0.15) is 245 Å². The van der Waals surface area contributed by atoms with Crippen molar-refractivity contribution in [1.82, 2.24) is 0 Å². The van der Waals surface area contributed by atoms with Crippen molar-refractivity contribution < 1.29 is 56.2 Å². The Morgan fingerprint density at radius 2 is 0.955 bits per heavy atom. The summed E-state index contributed by atoms with van der Waals surface area (Å²) in [5.74, 6) is -0.400. The highest BCUT2D eigenvalue weighted by Crippen LogP contribution is 2.26. The van der Waals surface area contributed by atoms with Crippen LogP contribution in [0.15, 0.2) is 24.3 Å². The van der Waals surface area contributed by atoms with Crippen LogP contribution in [0.5, 0.6) is 0 Å². The fraction of sp³-hybridized carbons (Fsp3) is 0.906. The molecule has 390 valence electrons. The van der Waals surface area contributed by atoms with Crippen LogP contribution in [0.2, 0.25) is 0 Å². The zero-order valence-corrected chi connectivity index (χ0v) is 42.8.